The van der Waals surface area contributed by atoms with Gasteiger partial charge < -0.3 is 10.6 Å². The summed E-state index contributed by atoms with van der Waals surface area (Å²) in [5, 5.41) is 0. The van der Waals surface area contributed by atoms with Crippen LogP contribution in [0.15, 0.2) is 0 Å². The van der Waals surface area contributed by atoms with E-state index in [2.05, 4.69) is 23.9 Å². The van der Waals surface area contributed by atoms with Crippen molar-refractivity contribution in [2.24, 2.45) is 5.73 Å². The van der Waals surface area contributed by atoms with Crippen molar-refractivity contribution in [2.75, 3.05) is 40.3 Å². The van der Waals surface area contributed by atoms with E-state index in [1.54, 1.807) is 0 Å². The molecule has 0 spiro atoms. The number of rotatable bonds is 6. The van der Waals surface area contributed by atoms with Crippen LogP contribution in [0.3, 0.4) is 0 Å². The van der Waals surface area contributed by atoms with Crippen molar-refractivity contribution in [2.45, 2.75) is 38.1 Å². The molecule has 15 heavy (non-hydrogen) atoms. The second-order valence-corrected chi connectivity index (χ2v) is 4.92. The zero-order valence-corrected chi connectivity index (χ0v) is 10.4. The van der Waals surface area contributed by atoms with Gasteiger partial charge in [-0.1, -0.05) is 6.42 Å². The van der Waals surface area contributed by atoms with Gasteiger partial charge in [0.15, 0.2) is 0 Å². The molecule has 0 bridgehead atoms. The maximum Gasteiger partial charge on any atom is 0.0108 e. The van der Waals surface area contributed by atoms with Crippen LogP contribution >= 0.6 is 0 Å². The molecule has 0 radical (unpaired) electrons. The lowest BCUT2D eigenvalue weighted by atomic mass is 9.98. The molecule has 1 atom stereocenters. The Morgan fingerprint density at radius 2 is 2.13 bits per heavy atom. The third-order valence-corrected chi connectivity index (χ3v) is 3.31. The Balaban J connectivity index is 2.23. The average Bonchev–Trinajstić information content (AvgIpc) is 2.20. The van der Waals surface area contributed by atoms with Gasteiger partial charge in [0.05, 0.1) is 0 Å². The number of hydrogen-bond donors (Lipinski definition) is 1. The molecule has 0 amide bonds. The molecule has 0 aromatic heterocycles. The first-order chi connectivity index (χ1) is 7.24. The van der Waals surface area contributed by atoms with Crippen LogP contribution in [0.2, 0.25) is 0 Å². The molecule has 3 heteroatoms. The molecule has 3 nitrogen and oxygen atoms in total. The second-order valence-electron chi connectivity index (χ2n) is 4.92. The van der Waals surface area contributed by atoms with E-state index in [0.29, 0.717) is 0 Å². The summed E-state index contributed by atoms with van der Waals surface area (Å²) in [6.45, 7) is 4.38. The van der Waals surface area contributed by atoms with Crippen LogP contribution in [-0.2, 0) is 0 Å². The molecular weight excluding hydrogens is 186 g/mol. The first-order valence-corrected chi connectivity index (χ1v) is 6.33. The largest absolute Gasteiger partial charge is 0.329 e. The Kier molecular flexibility index (Phi) is 6.22. The molecule has 1 saturated heterocycles. The molecular formula is C12H27N3. The van der Waals surface area contributed by atoms with Crippen molar-refractivity contribution in [3.8, 4) is 0 Å². The first-order valence-electron chi connectivity index (χ1n) is 6.33. The van der Waals surface area contributed by atoms with Gasteiger partial charge in [0, 0.05) is 19.1 Å². The molecule has 1 fully saturated rings. The predicted octanol–water partition coefficient (Wildman–Crippen LogP) is 1.14. The minimum Gasteiger partial charge on any atom is -0.329 e. The summed E-state index contributed by atoms with van der Waals surface area (Å²) < 4.78 is 0. The van der Waals surface area contributed by atoms with Crippen LogP contribution in [0.25, 0.3) is 0 Å². The average molecular weight is 213 g/mol. The standard InChI is InChI=1S/C12H27N3/c1-14(2)9-5-7-12-6-3-4-10-15(12)11-8-13/h12H,3-11,13H2,1-2H3. The Labute approximate surface area is 94.6 Å². The highest BCUT2D eigenvalue weighted by molar-refractivity contribution is 4.77. The second kappa shape index (κ2) is 7.20. The molecule has 1 heterocycles. The van der Waals surface area contributed by atoms with Crippen molar-refractivity contribution in [1.29, 1.82) is 0 Å². The molecule has 0 aromatic rings. The fourth-order valence-electron chi connectivity index (χ4n) is 2.49. The minimum absolute atomic E-state index is 0.808. The SMILES string of the molecule is CN(C)CCCC1CCCCN1CCN. The maximum atomic E-state index is 5.65. The Hall–Kier alpha value is -0.120. The van der Waals surface area contributed by atoms with Crippen LogP contribution in [-0.4, -0.2) is 56.1 Å². The summed E-state index contributed by atoms with van der Waals surface area (Å²) in [6, 6.07) is 0.808. The lowest BCUT2D eigenvalue weighted by molar-refractivity contribution is 0.140. The van der Waals surface area contributed by atoms with Crippen molar-refractivity contribution in [3.05, 3.63) is 0 Å². The summed E-state index contributed by atoms with van der Waals surface area (Å²) in [4.78, 5) is 4.87. The van der Waals surface area contributed by atoms with E-state index in [-0.39, 0.29) is 0 Å². The molecule has 2 N–H and O–H groups in total. The third kappa shape index (κ3) is 4.96. The van der Waals surface area contributed by atoms with Gasteiger partial charge in [-0.25, -0.2) is 0 Å². The molecule has 1 aliphatic heterocycles. The Bertz CT molecular complexity index is 157. The summed E-state index contributed by atoms with van der Waals surface area (Å²) in [7, 11) is 4.30. The van der Waals surface area contributed by atoms with Gasteiger partial charge >= 0.3 is 0 Å². The number of piperidine rings is 1. The van der Waals surface area contributed by atoms with E-state index in [1.165, 1.54) is 45.2 Å². The molecule has 90 valence electrons. The van der Waals surface area contributed by atoms with E-state index < -0.39 is 0 Å². The van der Waals surface area contributed by atoms with Crippen LogP contribution in [0.4, 0.5) is 0 Å². The van der Waals surface area contributed by atoms with Crippen LogP contribution in [0.1, 0.15) is 32.1 Å². The van der Waals surface area contributed by atoms with Gasteiger partial charge in [-0.2, -0.15) is 0 Å². The molecule has 1 aliphatic rings. The highest BCUT2D eigenvalue weighted by atomic mass is 15.2. The molecule has 1 unspecified atom stereocenters. The van der Waals surface area contributed by atoms with E-state index in [4.69, 9.17) is 5.73 Å². The fourth-order valence-corrected chi connectivity index (χ4v) is 2.49. The lowest BCUT2D eigenvalue weighted by Gasteiger charge is -2.35. The molecule has 0 aliphatic carbocycles. The quantitative estimate of drug-likeness (QED) is 0.718. The van der Waals surface area contributed by atoms with E-state index in [9.17, 15) is 0 Å². The van der Waals surface area contributed by atoms with Gasteiger partial charge in [0.25, 0.3) is 0 Å². The molecule has 0 aromatic carbocycles. The smallest absolute Gasteiger partial charge is 0.0108 e. The number of hydrogen-bond acceptors (Lipinski definition) is 3. The molecule has 1 rings (SSSR count). The number of nitrogens with zero attached hydrogens (tertiary/aromatic N) is 2. The van der Waals surface area contributed by atoms with Crippen molar-refractivity contribution >= 4 is 0 Å². The third-order valence-electron chi connectivity index (χ3n) is 3.31. The lowest BCUT2D eigenvalue weighted by Crippen LogP contribution is -2.42. The van der Waals surface area contributed by atoms with E-state index in [0.717, 1.165) is 19.1 Å². The van der Waals surface area contributed by atoms with Crippen molar-refractivity contribution < 1.29 is 0 Å². The Morgan fingerprint density at radius 1 is 1.33 bits per heavy atom. The van der Waals surface area contributed by atoms with E-state index >= 15 is 0 Å². The highest BCUT2D eigenvalue weighted by Gasteiger charge is 2.20. The van der Waals surface area contributed by atoms with E-state index in [1.807, 2.05) is 0 Å². The monoisotopic (exact) mass is 213 g/mol. The van der Waals surface area contributed by atoms with Crippen molar-refractivity contribution in [3.63, 3.8) is 0 Å². The highest BCUT2D eigenvalue weighted by Crippen LogP contribution is 2.20. The zero-order chi connectivity index (χ0) is 11.1. The maximum absolute atomic E-state index is 5.65. The normalized spacial score (nSPS) is 23.6. The van der Waals surface area contributed by atoms with Crippen LogP contribution in [0.5, 0.6) is 0 Å². The van der Waals surface area contributed by atoms with Crippen LogP contribution < -0.4 is 5.73 Å². The summed E-state index contributed by atoms with van der Waals surface area (Å²) in [6.07, 6.45) is 6.82. The fraction of sp³-hybridized carbons (Fsp3) is 1.00. The van der Waals surface area contributed by atoms with Gasteiger partial charge in [0.2, 0.25) is 0 Å². The summed E-state index contributed by atoms with van der Waals surface area (Å²) >= 11 is 0. The topological polar surface area (TPSA) is 32.5 Å². The van der Waals surface area contributed by atoms with Gasteiger partial charge in [-0.15, -0.1) is 0 Å². The van der Waals surface area contributed by atoms with Crippen LogP contribution in [0, 0.1) is 0 Å². The van der Waals surface area contributed by atoms with Gasteiger partial charge in [0.1, 0.15) is 0 Å². The zero-order valence-electron chi connectivity index (χ0n) is 10.4. The predicted molar refractivity (Wildman–Crippen MR) is 66.1 cm³/mol. The summed E-state index contributed by atoms with van der Waals surface area (Å²) in [5.74, 6) is 0. The van der Waals surface area contributed by atoms with Gasteiger partial charge in [-0.05, 0) is 52.9 Å². The van der Waals surface area contributed by atoms with Crippen molar-refractivity contribution in [1.82, 2.24) is 9.80 Å². The number of likely N-dealkylation sites (tertiary alicyclic amines) is 1. The summed E-state index contributed by atoms with van der Waals surface area (Å²) in [5.41, 5.74) is 5.65. The Morgan fingerprint density at radius 3 is 2.80 bits per heavy atom. The number of nitrogens with two attached hydrogens (primary N) is 1. The minimum atomic E-state index is 0.808. The molecule has 0 saturated carbocycles. The van der Waals surface area contributed by atoms with Gasteiger partial charge in [-0.3, -0.25) is 4.90 Å². The first kappa shape index (κ1) is 12.9.